The minimum Gasteiger partial charge on any atom is -0.463 e. The van der Waals surface area contributed by atoms with Crippen LogP contribution in [0.1, 0.15) is 32.8 Å². The maximum atomic E-state index is 12.6. The molecule has 0 spiro atoms. The smallest absolute Gasteiger partial charge is 0.373 e. The van der Waals surface area contributed by atoms with E-state index in [1.807, 2.05) is 18.2 Å². The van der Waals surface area contributed by atoms with Crippen LogP contribution in [0.5, 0.6) is 0 Å². The number of furan rings is 1. The van der Waals surface area contributed by atoms with E-state index in [4.69, 9.17) is 20.8 Å². The number of carbonyl (C=O) groups is 2. The molecular formula is C17H16ClNO5. The molecule has 126 valence electrons. The van der Waals surface area contributed by atoms with Crippen molar-refractivity contribution in [2.45, 2.75) is 6.10 Å². The van der Waals surface area contributed by atoms with Gasteiger partial charge in [0.2, 0.25) is 5.76 Å². The highest BCUT2D eigenvalue weighted by atomic mass is 35.5. The number of ether oxygens (including phenoxy) is 2. The van der Waals surface area contributed by atoms with E-state index >= 15 is 0 Å². The zero-order valence-electron chi connectivity index (χ0n) is 13.0. The average Bonchev–Trinajstić information content (AvgIpc) is 3.10. The van der Waals surface area contributed by atoms with Crippen LogP contribution in [0.2, 0.25) is 5.02 Å². The van der Waals surface area contributed by atoms with Gasteiger partial charge in [-0.15, -0.1) is 0 Å². The molecule has 24 heavy (non-hydrogen) atoms. The van der Waals surface area contributed by atoms with Crippen LogP contribution >= 0.6 is 11.6 Å². The highest BCUT2D eigenvalue weighted by molar-refractivity contribution is 6.30. The van der Waals surface area contributed by atoms with E-state index in [0.717, 1.165) is 5.56 Å². The summed E-state index contributed by atoms with van der Waals surface area (Å²) in [5.74, 6) is -0.809. The molecule has 1 fully saturated rings. The van der Waals surface area contributed by atoms with Gasteiger partial charge in [0.15, 0.2) is 5.76 Å². The predicted octanol–water partition coefficient (Wildman–Crippen LogP) is 2.93. The summed E-state index contributed by atoms with van der Waals surface area (Å²) in [6.07, 6.45) is -0.253. The number of esters is 1. The van der Waals surface area contributed by atoms with Crippen LogP contribution < -0.4 is 0 Å². The summed E-state index contributed by atoms with van der Waals surface area (Å²) in [5, 5.41) is 0.619. The second-order valence-corrected chi connectivity index (χ2v) is 5.76. The number of rotatable bonds is 3. The highest BCUT2D eigenvalue weighted by Gasteiger charge is 2.28. The molecule has 1 saturated heterocycles. The summed E-state index contributed by atoms with van der Waals surface area (Å²) < 4.78 is 15.6. The zero-order chi connectivity index (χ0) is 17.1. The Morgan fingerprint density at radius 3 is 2.79 bits per heavy atom. The molecule has 1 aliphatic rings. The third-order valence-electron chi connectivity index (χ3n) is 3.78. The molecule has 0 bridgehead atoms. The van der Waals surface area contributed by atoms with Crippen LogP contribution in [0.25, 0.3) is 0 Å². The summed E-state index contributed by atoms with van der Waals surface area (Å²) in [6, 6.07) is 10.3. The minimum atomic E-state index is -0.618. The van der Waals surface area contributed by atoms with Crippen LogP contribution in [0.4, 0.5) is 0 Å². The fourth-order valence-electron chi connectivity index (χ4n) is 2.56. The average molecular weight is 350 g/mol. The summed E-state index contributed by atoms with van der Waals surface area (Å²) in [7, 11) is 1.25. The first-order chi connectivity index (χ1) is 11.6. The molecule has 3 rings (SSSR count). The lowest BCUT2D eigenvalue weighted by Crippen LogP contribution is -2.42. The van der Waals surface area contributed by atoms with Gasteiger partial charge in [0.25, 0.3) is 5.91 Å². The van der Waals surface area contributed by atoms with E-state index in [9.17, 15) is 9.59 Å². The number of hydrogen-bond donors (Lipinski definition) is 0. The van der Waals surface area contributed by atoms with E-state index in [2.05, 4.69) is 4.74 Å². The number of morpholine rings is 1. The van der Waals surface area contributed by atoms with Gasteiger partial charge in [-0.3, -0.25) is 4.79 Å². The van der Waals surface area contributed by atoms with Crippen molar-refractivity contribution in [1.29, 1.82) is 0 Å². The second-order valence-electron chi connectivity index (χ2n) is 5.32. The fraction of sp³-hybridized carbons (Fsp3) is 0.294. The number of carbonyl (C=O) groups excluding carboxylic acids is 2. The van der Waals surface area contributed by atoms with E-state index in [1.165, 1.54) is 19.2 Å². The normalized spacial score (nSPS) is 17.6. The summed E-state index contributed by atoms with van der Waals surface area (Å²) in [4.78, 5) is 25.6. The standard InChI is InChI=1S/C17H16ClNO5/c1-22-17(21)14-6-5-13(24-14)16(20)19-7-8-23-15(10-19)11-3-2-4-12(18)9-11/h2-6,9,15H,7-8,10H2,1H3/t15-/m1/s1. The second kappa shape index (κ2) is 7.07. The molecule has 0 unspecified atom stereocenters. The Labute approximate surface area is 143 Å². The number of nitrogens with zero attached hydrogens (tertiary/aromatic N) is 1. The first-order valence-electron chi connectivity index (χ1n) is 7.43. The van der Waals surface area contributed by atoms with Gasteiger partial charge in [0.05, 0.1) is 20.3 Å². The molecule has 1 aromatic carbocycles. The maximum Gasteiger partial charge on any atom is 0.373 e. The van der Waals surface area contributed by atoms with Crippen molar-refractivity contribution in [2.24, 2.45) is 0 Å². The van der Waals surface area contributed by atoms with Crippen molar-refractivity contribution in [3.05, 3.63) is 58.5 Å². The highest BCUT2D eigenvalue weighted by Crippen LogP contribution is 2.25. The van der Waals surface area contributed by atoms with E-state index in [1.54, 1.807) is 11.0 Å². The molecule has 0 N–H and O–H groups in total. The molecule has 2 aromatic rings. The summed E-state index contributed by atoms with van der Waals surface area (Å²) >= 11 is 6.01. The van der Waals surface area contributed by atoms with Crippen molar-refractivity contribution in [3.63, 3.8) is 0 Å². The fourth-order valence-corrected chi connectivity index (χ4v) is 2.76. The first-order valence-corrected chi connectivity index (χ1v) is 7.81. The Bertz CT molecular complexity index is 757. The third-order valence-corrected chi connectivity index (χ3v) is 4.01. The lowest BCUT2D eigenvalue weighted by molar-refractivity contribution is -0.0238. The third kappa shape index (κ3) is 3.44. The number of benzene rings is 1. The van der Waals surface area contributed by atoms with Gasteiger partial charge in [-0.05, 0) is 29.8 Å². The Morgan fingerprint density at radius 2 is 2.04 bits per heavy atom. The SMILES string of the molecule is COC(=O)c1ccc(C(=O)N2CCO[C@@H](c3cccc(Cl)c3)C2)o1. The molecule has 0 aliphatic carbocycles. The van der Waals surface area contributed by atoms with Crippen molar-refractivity contribution >= 4 is 23.5 Å². The Balaban J connectivity index is 1.73. The Hall–Kier alpha value is -2.31. The molecule has 1 aliphatic heterocycles. The van der Waals surface area contributed by atoms with Crippen molar-refractivity contribution in [1.82, 2.24) is 4.90 Å². The van der Waals surface area contributed by atoms with E-state index in [0.29, 0.717) is 24.7 Å². The Kier molecular flexibility index (Phi) is 4.87. The molecule has 2 heterocycles. The summed E-state index contributed by atoms with van der Waals surface area (Å²) in [5.41, 5.74) is 0.912. The van der Waals surface area contributed by atoms with Crippen molar-refractivity contribution < 1.29 is 23.5 Å². The number of amides is 1. The van der Waals surface area contributed by atoms with Crippen molar-refractivity contribution in [3.8, 4) is 0 Å². The van der Waals surface area contributed by atoms with Gasteiger partial charge in [0.1, 0.15) is 6.10 Å². The number of halogens is 1. The number of hydrogen-bond acceptors (Lipinski definition) is 5. The van der Waals surface area contributed by atoms with Gasteiger partial charge in [0, 0.05) is 11.6 Å². The predicted molar refractivity (Wildman–Crippen MR) is 86.1 cm³/mol. The molecule has 1 aromatic heterocycles. The van der Waals surface area contributed by atoms with E-state index < -0.39 is 5.97 Å². The molecule has 6 nitrogen and oxygen atoms in total. The molecular weight excluding hydrogens is 334 g/mol. The lowest BCUT2D eigenvalue weighted by atomic mass is 10.1. The number of methoxy groups -OCH3 is 1. The Morgan fingerprint density at radius 1 is 1.25 bits per heavy atom. The molecule has 1 amide bonds. The van der Waals surface area contributed by atoms with Crippen LogP contribution in [0, 0.1) is 0 Å². The largest absolute Gasteiger partial charge is 0.463 e. The van der Waals surface area contributed by atoms with E-state index in [-0.39, 0.29) is 23.5 Å². The van der Waals surface area contributed by atoms with Crippen LogP contribution in [-0.2, 0) is 9.47 Å². The topological polar surface area (TPSA) is 69.0 Å². The zero-order valence-corrected chi connectivity index (χ0v) is 13.8. The van der Waals surface area contributed by atoms with Gasteiger partial charge in [-0.25, -0.2) is 4.79 Å². The summed E-state index contributed by atoms with van der Waals surface area (Å²) in [6.45, 7) is 1.24. The lowest BCUT2D eigenvalue weighted by Gasteiger charge is -2.32. The van der Waals surface area contributed by atoms with Crippen LogP contribution in [0.3, 0.4) is 0 Å². The van der Waals surface area contributed by atoms with Gasteiger partial charge < -0.3 is 18.8 Å². The van der Waals surface area contributed by atoms with Crippen molar-refractivity contribution in [2.75, 3.05) is 26.8 Å². The van der Waals surface area contributed by atoms with Gasteiger partial charge in [-0.1, -0.05) is 23.7 Å². The molecule has 0 radical (unpaired) electrons. The molecule has 7 heteroatoms. The van der Waals surface area contributed by atoms with Gasteiger partial charge >= 0.3 is 5.97 Å². The van der Waals surface area contributed by atoms with Crippen LogP contribution in [-0.4, -0.2) is 43.6 Å². The quantitative estimate of drug-likeness (QED) is 0.797. The molecule has 0 saturated carbocycles. The van der Waals surface area contributed by atoms with Crippen LogP contribution in [0.15, 0.2) is 40.8 Å². The minimum absolute atomic E-state index is 0.000464. The van der Waals surface area contributed by atoms with Gasteiger partial charge in [-0.2, -0.15) is 0 Å². The molecule has 1 atom stereocenters. The monoisotopic (exact) mass is 349 g/mol. The first kappa shape index (κ1) is 16.5. The maximum absolute atomic E-state index is 12.6.